The molecule has 2 aromatic carbocycles. The largest absolute Gasteiger partial charge is 0.497 e. The zero-order valence-corrected chi connectivity index (χ0v) is 18.8. The summed E-state index contributed by atoms with van der Waals surface area (Å²) in [5.41, 5.74) is 5.12. The van der Waals surface area contributed by atoms with E-state index in [2.05, 4.69) is 16.8 Å². The maximum Gasteiger partial charge on any atom is 0.294 e. The number of benzene rings is 2. The van der Waals surface area contributed by atoms with E-state index in [-0.39, 0.29) is 10.3 Å². The van der Waals surface area contributed by atoms with Gasteiger partial charge >= 0.3 is 0 Å². The quantitative estimate of drug-likeness (QED) is 0.596. The van der Waals surface area contributed by atoms with Gasteiger partial charge in [-0.15, -0.1) is 0 Å². The van der Waals surface area contributed by atoms with Crippen LogP contribution in [0.3, 0.4) is 0 Å². The summed E-state index contributed by atoms with van der Waals surface area (Å²) in [4.78, 5) is 17.5. The number of ether oxygens (including phenoxy) is 1. The SMILES string of the molecule is COc1ccc(N2CCc3c2[nH]c(C)cc3=O)c(C)c1.Cc1ccc(S(=O)(=O)O)cc1. The summed E-state index contributed by atoms with van der Waals surface area (Å²) in [6.07, 6.45) is 0.788. The summed E-state index contributed by atoms with van der Waals surface area (Å²) in [5.74, 6) is 1.78. The summed E-state index contributed by atoms with van der Waals surface area (Å²) < 4.78 is 34.8. The van der Waals surface area contributed by atoms with Crippen molar-refractivity contribution in [2.24, 2.45) is 0 Å². The van der Waals surface area contributed by atoms with Crippen molar-refractivity contribution >= 4 is 21.6 Å². The van der Waals surface area contributed by atoms with Crippen molar-refractivity contribution in [1.29, 1.82) is 0 Å². The van der Waals surface area contributed by atoms with Gasteiger partial charge in [0.05, 0.1) is 12.0 Å². The molecule has 0 radical (unpaired) electrons. The smallest absolute Gasteiger partial charge is 0.294 e. The zero-order chi connectivity index (χ0) is 22.8. The second-order valence-electron chi connectivity index (χ2n) is 7.49. The van der Waals surface area contributed by atoms with Crippen molar-refractivity contribution < 1.29 is 17.7 Å². The van der Waals surface area contributed by atoms with Crippen LogP contribution in [0.2, 0.25) is 0 Å². The van der Waals surface area contributed by atoms with E-state index in [0.717, 1.165) is 52.6 Å². The Labute approximate surface area is 182 Å². The van der Waals surface area contributed by atoms with Crippen LogP contribution >= 0.6 is 0 Å². The average molecular weight is 443 g/mol. The molecule has 7 nitrogen and oxygen atoms in total. The maximum atomic E-state index is 12.0. The van der Waals surface area contributed by atoms with Crippen molar-refractivity contribution in [3.8, 4) is 5.75 Å². The van der Waals surface area contributed by atoms with Crippen molar-refractivity contribution in [2.45, 2.75) is 32.1 Å². The highest BCUT2D eigenvalue weighted by Crippen LogP contribution is 2.34. The highest BCUT2D eigenvalue weighted by molar-refractivity contribution is 7.85. The van der Waals surface area contributed by atoms with Gasteiger partial charge in [-0.3, -0.25) is 9.35 Å². The van der Waals surface area contributed by atoms with Gasteiger partial charge < -0.3 is 14.6 Å². The van der Waals surface area contributed by atoms with E-state index in [1.54, 1.807) is 25.3 Å². The Hall–Kier alpha value is -3.10. The number of hydrogen-bond donors (Lipinski definition) is 2. The van der Waals surface area contributed by atoms with Crippen LogP contribution in [0.1, 0.15) is 22.4 Å². The van der Waals surface area contributed by atoms with E-state index in [1.165, 1.54) is 12.1 Å². The lowest BCUT2D eigenvalue weighted by Crippen LogP contribution is -2.16. The van der Waals surface area contributed by atoms with E-state index >= 15 is 0 Å². The second-order valence-corrected chi connectivity index (χ2v) is 8.91. The number of aromatic nitrogens is 1. The fourth-order valence-corrected chi connectivity index (χ4v) is 4.00. The van der Waals surface area contributed by atoms with Crippen LogP contribution in [0, 0.1) is 20.8 Å². The number of hydrogen-bond acceptors (Lipinski definition) is 5. The molecule has 4 rings (SSSR count). The normalized spacial score (nSPS) is 12.7. The van der Waals surface area contributed by atoms with Crippen molar-refractivity contribution in [3.05, 3.63) is 81.1 Å². The van der Waals surface area contributed by atoms with Crippen LogP contribution in [0.25, 0.3) is 0 Å². The lowest BCUT2D eigenvalue weighted by Gasteiger charge is -2.22. The van der Waals surface area contributed by atoms with Crippen LogP contribution in [0.5, 0.6) is 5.75 Å². The predicted octanol–water partition coefficient (Wildman–Crippen LogP) is 3.94. The van der Waals surface area contributed by atoms with Gasteiger partial charge in [-0.05, 0) is 63.1 Å². The minimum Gasteiger partial charge on any atom is -0.497 e. The van der Waals surface area contributed by atoms with Crippen molar-refractivity contribution in [3.63, 3.8) is 0 Å². The van der Waals surface area contributed by atoms with Gasteiger partial charge in [0.1, 0.15) is 11.6 Å². The number of H-pyrrole nitrogens is 1. The van der Waals surface area contributed by atoms with E-state index < -0.39 is 10.1 Å². The van der Waals surface area contributed by atoms with Crippen LogP contribution in [0.4, 0.5) is 11.5 Å². The van der Waals surface area contributed by atoms with Gasteiger partial charge in [0.15, 0.2) is 5.43 Å². The molecule has 0 unspecified atom stereocenters. The molecule has 1 aromatic heterocycles. The van der Waals surface area contributed by atoms with Gasteiger partial charge in [-0.2, -0.15) is 8.42 Å². The number of nitrogens with one attached hydrogen (secondary N) is 1. The molecule has 0 bridgehead atoms. The minimum atomic E-state index is -4.02. The van der Waals surface area contributed by atoms with E-state index in [9.17, 15) is 13.2 Å². The minimum absolute atomic E-state index is 0.0666. The maximum absolute atomic E-state index is 12.0. The number of anilines is 2. The molecule has 0 saturated heterocycles. The van der Waals surface area contributed by atoms with Crippen LogP contribution in [0.15, 0.2) is 58.2 Å². The molecule has 2 heterocycles. The third kappa shape index (κ3) is 5.15. The van der Waals surface area contributed by atoms with Crippen LogP contribution in [-0.2, 0) is 16.5 Å². The number of methoxy groups -OCH3 is 1. The number of aryl methyl sites for hydroxylation is 3. The number of aromatic amines is 1. The highest BCUT2D eigenvalue weighted by Gasteiger charge is 2.24. The molecule has 0 spiro atoms. The summed E-state index contributed by atoms with van der Waals surface area (Å²) >= 11 is 0. The molecule has 2 N–H and O–H groups in total. The van der Waals surface area contributed by atoms with Crippen molar-refractivity contribution in [2.75, 3.05) is 18.6 Å². The predicted molar refractivity (Wildman–Crippen MR) is 121 cm³/mol. The van der Waals surface area contributed by atoms with Crippen molar-refractivity contribution in [1.82, 2.24) is 4.98 Å². The molecular weight excluding hydrogens is 416 g/mol. The van der Waals surface area contributed by atoms with E-state index in [0.29, 0.717) is 0 Å². The number of rotatable bonds is 3. The van der Waals surface area contributed by atoms with Gasteiger partial charge in [-0.25, -0.2) is 0 Å². The Morgan fingerprint density at radius 3 is 2.29 bits per heavy atom. The molecule has 0 fully saturated rings. The molecule has 0 aliphatic carbocycles. The molecule has 31 heavy (non-hydrogen) atoms. The molecule has 0 atom stereocenters. The van der Waals surface area contributed by atoms with Gasteiger partial charge in [0, 0.05) is 29.6 Å². The lowest BCUT2D eigenvalue weighted by molar-refractivity contribution is 0.414. The van der Waals surface area contributed by atoms with E-state index in [1.807, 2.05) is 32.0 Å². The molecule has 0 amide bonds. The second kappa shape index (κ2) is 8.95. The lowest BCUT2D eigenvalue weighted by atomic mass is 10.1. The van der Waals surface area contributed by atoms with Gasteiger partial charge in [-0.1, -0.05) is 17.7 Å². The Balaban J connectivity index is 0.000000210. The average Bonchev–Trinajstić information content (AvgIpc) is 3.12. The Bertz CT molecular complexity index is 1250. The highest BCUT2D eigenvalue weighted by atomic mass is 32.2. The molecular formula is C23H26N2O5S. The molecule has 0 saturated carbocycles. The van der Waals surface area contributed by atoms with Gasteiger partial charge in [0.25, 0.3) is 10.1 Å². The Kier molecular flexibility index (Phi) is 6.52. The van der Waals surface area contributed by atoms with Gasteiger partial charge in [0.2, 0.25) is 0 Å². The van der Waals surface area contributed by atoms with Crippen LogP contribution in [-0.4, -0.2) is 31.6 Å². The molecule has 1 aliphatic rings. The zero-order valence-electron chi connectivity index (χ0n) is 18.0. The first-order chi connectivity index (χ1) is 14.6. The fraction of sp³-hybridized carbons (Fsp3) is 0.261. The Morgan fingerprint density at radius 1 is 1.03 bits per heavy atom. The van der Waals surface area contributed by atoms with E-state index in [4.69, 9.17) is 9.29 Å². The summed E-state index contributed by atoms with van der Waals surface area (Å²) in [6, 6.07) is 13.7. The molecule has 3 aromatic rings. The summed E-state index contributed by atoms with van der Waals surface area (Å²) in [6.45, 7) is 6.65. The summed E-state index contributed by atoms with van der Waals surface area (Å²) in [7, 11) is -2.35. The first kappa shape index (κ1) is 22.6. The topological polar surface area (TPSA) is 99.7 Å². The molecule has 1 aliphatic heterocycles. The van der Waals surface area contributed by atoms with Crippen LogP contribution < -0.4 is 15.1 Å². The monoisotopic (exact) mass is 442 g/mol. The first-order valence-corrected chi connectivity index (χ1v) is 11.2. The first-order valence-electron chi connectivity index (χ1n) is 9.79. The standard InChI is InChI=1S/C16H18N2O2.C7H8O3S/c1-10-8-12(20-3)4-5-14(10)18-7-6-13-15(19)9-11(2)17-16(13)18;1-6-2-4-7(5-3-6)11(8,9)10/h4-5,8-9H,6-7H2,1-3H3,(H,17,19);2-5H,1H3,(H,8,9,10). The number of pyridine rings is 1. The molecule has 164 valence electrons. The number of nitrogens with zero attached hydrogens (tertiary/aromatic N) is 1. The Morgan fingerprint density at radius 2 is 1.71 bits per heavy atom. The molecule has 8 heteroatoms. The third-order valence-corrected chi connectivity index (χ3v) is 5.98. The third-order valence-electron chi connectivity index (χ3n) is 5.12. The summed E-state index contributed by atoms with van der Waals surface area (Å²) in [5, 5.41) is 0. The number of fused-ring (bicyclic) bond motifs is 1. The fourth-order valence-electron chi connectivity index (χ4n) is 3.52.